The highest BCUT2D eigenvalue weighted by molar-refractivity contribution is 5.84. The number of nitrogens with one attached hydrogen (secondary N) is 1. The SMILES string of the molecule is Cc1cc([N+](=O)[O-])cnc1NCCn1cnc(C(=O)O)c1. The van der Waals surface area contributed by atoms with Crippen molar-refractivity contribution >= 4 is 17.5 Å². The second kappa shape index (κ2) is 5.99. The lowest BCUT2D eigenvalue weighted by Gasteiger charge is -2.08. The fourth-order valence-electron chi connectivity index (χ4n) is 1.74. The highest BCUT2D eigenvalue weighted by Gasteiger charge is 2.09. The molecule has 2 aromatic heterocycles. The number of hydrogen-bond donors (Lipinski definition) is 2. The van der Waals surface area contributed by atoms with Crippen LogP contribution in [0, 0.1) is 17.0 Å². The number of nitro groups is 1. The second-order valence-electron chi connectivity index (χ2n) is 4.34. The maximum atomic E-state index is 10.7. The molecule has 0 atom stereocenters. The molecule has 0 spiro atoms. The van der Waals surface area contributed by atoms with Gasteiger partial charge in [0.1, 0.15) is 12.0 Å². The van der Waals surface area contributed by atoms with E-state index in [1.165, 1.54) is 24.8 Å². The molecule has 2 aromatic rings. The monoisotopic (exact) mass is 291 g/mol. The van der Waals surface area contributed by atoms with Crippen LogP contribution in [0.1, 0.15) is 16.1 Å². The third-order valence-corrected chi connectivity index (χ3v) is 2.79. The number of aromatic carboxylic acids is 1. The Kier molecular flexibility index (Phi) is 4.12. The van der Waals surface area contributed by atoms with Gasteiger partial charge in [-0.3, -0.25) is 10.1 Å². The van der Waals surface area contributed by atoms with Gasteiger partial charge >= 0.3 is 5.97 Å². The number of nitrogens with zero attached hydrogens (tertiary/aromatic N) is 4. The Morgan fingerprint density at radius 3 is 2.86 bits per heavy atom. The minimum absolute atomic E-state index is 0.0142. The van der Waals surface area contributed by atoms with Crippen molar-refractivity contribution in [3.05, 3.63) is 46.2 Å². The topological polar surface area (TPSA) is 123 Å². The summed E-state index contributed by atoms with van der Waals surface area (Å²) in [5.74, 6) is -0.520. The van der Waals surface area contributed by atoms with Crippen molar-refractivity contribution in [1.29, 1.82) is 0 Å². The molecule has 0 unspecified atom stereocenters. The smallest absolute Gasteiger partial charge is 0.356 e. The second-order valence-corrected chi connectivity index (χ2v) is 4.34. The zero-order valence-corrected chi connectivity index (χ0v) is 11.2. The van der Waals surface area contributed by atoms with Crippen LogP contribution in [0.25, 0.3) is 0 Å². The number of carbonyl (C=O) groups is 1. The molecule has 2 heterocycles. The molecule has 0 aliphatic heterocycles. The van der Waals surface area contributed by atoms with Gasteiger partial charge in [-0.05, 0) is 12.5 Å². The lowest BCUT2D eigenvalue weighted by Crippen LogP contribution is -2.11. The molecule has 2 N–H and O–H groups in total. The molecule has 0 saturated heterocycles. The zero-order chi connectivity index (χ0) is 15.4. The zero-order valence-electron chi connectivity index (χ0n) is 11.2. The predicted molar refractivity (Wildman–Crippen MR) is 73.3 cm³/mol. The fourth-order valence-corrected chi connectivity index (χ4v) is 1.74. The van der Waals surface area contributed by atoms with Crippen LogP contribution in [0.2, 0.25) is 0 Å². The van der Waals surface area contributed by atoms with Gasteiger partial charge in [-0.1, -0.05) is 0 Å². The van der Waals surface area contributed by atoms with Crippen molar-refractivity contribution in [2.75, 3.05) is 11.9 Å². The standard InChI is InChI=1S/C12H13N5O4/c1-8-4-9(17(20)21)5-14-11(8)13-2-3-16-6-10(12(18)19)15-7-16/h4-7H,2-3H2,1H3,(H,13,14)(H,18,19). The van der Waals surface area contributed by atoms with E-state index in [1.807, 2.05) is 0 Å². The summed E-state index contributed by atoms with van der Waals surface area (Å²) in [4.78, 5) is 28.5. The van der Waals surface area contributed by atoms with E-state index in [0.717, 1.165) is 0 Å². The number of pyridine rings is 1. The van der Waals surface area contributed by atoms with Crippen LogP contribution in [0.3, 0.4) is 0 Å². The van der Waals surface area contributed by atoms with Gasteiger partial charge in [-0.15, -0.1) is 0 Å². The van der Waals surface area contributed by atoms with Crippen LogP contribution >= 0.6 is 0 Å². The molecule has 0 aromatic carbocycles. The lowest BCUT2D eigenvalue weighted by atomic mass is 10.2. The molecule has 0 fully saturated rings. The molecule has 21 heavy (non-hydrogen) atoms. The van der Waals surface area contributed by atoms with Crippen LogP contribution in [0.15, 0.2) is 24.8 Å². The van der Waals surface area contributed by atoms with Crippen molar-refractivity contribution in [2.45, 2.75) is 13.5 Å². The third kappa shape index (κ3) is 3.53. The summed E-state index contributed by atoms with van der Waals surface area (Å²) in [5.41, 5.74) is 0.597. The number of imidazole rings is 1. The summed E-state index contributed by atoms with van der Waals surface area (Å²) >= 11 is 0. The largest absolute Gasteiger partial charge is 0.476 e. The van der Waals surface area contributed by atoms with Crippen LogP contribution in [0.4, 0.5) is 11.5 Å². The third-order valence-electron chi connectivity index (χ3n) is 2.79. The first-order valence-electron chi connectivity index (χ1n) is 6.07. The van der Waals surface area contributed by atoms with Crippen LogP contribution in [-0.2, 0) is 6.54 Å². The van der Waals surface area contributed by atoms with Crippen molar-refractivity contribution in [2.24, 2.45) is 0 Å². The first-order valence-corrected chi connectivity index (χ1v) is 6.07. The summed E-state index contributed by atoms with van der Waals surface area (Å²) in [6, 6.07) is 1.44. The average molecular weight is 291 g/mol. The van der Waals surface area contributed by atoms with E-state index in [9.17, 15) is 14.9 Å². The molecule has 0 aliphatic carbocycles. The predicted octanol–water partition coefficient (Wildman–Crippen LogP) is 1.31. The first-order chi connectivity index (χ1) is 9.97. The van der Waals surface area contributed by atoms with Crippen molar-refractivity contribution in [1.82, 2.24) is 14.5 Å². The van der Waals surface area contributed by atoms with Gasteiger partial charge in [0.15, 0.2) is 5.69 Å². The Balaban J connectivity index is 1.93. The summed E-state index contributed by atoms with van der Waals surface area (Å²) in [6.45, 7) is 2.71. The summed E-state index contributed by atoms with van der Waals surface area (Å²) in [7, 11) is 0. The van der Waals surface area contributed by atoms with Crippen molar-refractivity contribution in [3.8, 4) is 0 Å². The molecule has 2 rings (SSSR count). The van der Waals surface area contributed by atoms with Crippen LogP contribution < -0.4 is 5.32 Å². The molecule has 9 heteroatoms. The summed E-state index contributed by atoms with van der Waals surface area (Å²) in [6.07, 6.45) is 4.05. The number of anilines is 1. The van der Waals surface area contributed by atoms with E-state index in [2.05, 4.69) is 15.3 Å². The molecule has 0 radical (unpaired) electrons. The Morgan fingerprint density at radius 2 is 2.29 bits per heavy atom. The normalized spacial score (nSPS) is 10.3. The van der Waals surface area contributed by atoms with E-state index in [0.29, 0.717) is 24.5 Å². The van der Waals surface area contributed by atoms with Gasteiger partial charge in [-0.25, -0.2) is 14.8 Å². The molecule has 0 saturated carbocycles. The molecular weight excluding hydrogens is 278 g/mol. The van der Waals surface area contributed by atoms with E-state index < -0.39 is 10.9 Å². The molecular formula is C12H13N5O4. The Hall–Kier alpha value is -2.97. The van der Waals surface area contributed by atoms with E-state index in [-0.39, 0.29) is 11.4 Å². The highest BCUT2D eigenvalue weighted by Crippen LogP contribution is 2.17. The van der Waals surface area contributed by atoms with Gasteiger partial charge in [0, 0.05) is 25.4 Å². The summed E-state index contributed by atoms with van der Waals surface area (Å²) in [5, 5.41) is 22.4. The van der Waals surface area contributed by atoms with Gasteiger partial charge < -0.3 is 15.0 Å². The number of aromatic nitrogens is 3. The first kappa shape index (κ1) is 14.4. The maximum absolute atomic E-state index is 10.7. The van der Waals surface area contributed by atoms with Gasteiger partial charge in [0.05, 0.1) is 11.3 Å². The number of rotatable bonds is 6. The maximum Gasteiger partial charge on any atom is 0.356 e. The number of carboxylic acid groups (broad SMARTS) is 1. The minimum Gasteiger partial charge on any atom is -0.476 e. The molecule has 9 nitrogen and oxygen atoms in total. The van der Waals surface area contributed by atoms with Crippen LogP contribution in [0.5, 0.6) is 0 Å². The van der Waals surface area contributed by atoms with Crippen molar-refractivity contribution in [3.63, 3.8) is 0 Å². The van der Waals surface area contributed by atoms with Crippen molar-refractivity contribution < 1.29 is 14.8 Å². The number of hydrogen-bond acceptors (Lipinski definition) is 6. The number of aryl methyl sites for hydroxylation is 1. The Labute approximate surface area is 119 Å². The highest BCUT2D eigenvalue weighted by atomic mass is 16.6. The Bertz CT molecular complexity index is 682. The number of carboxylic acids is 1. The van der Waals surface area contributed by atoms with Crippen LogP contribution in [-0.4, -0.2) is 37.1 Å². The molecule has 0 aliphatic rings. The molecule has 0 bridgehead atoms. The van der Waals surface area contributed by atoms with Gasteiger partial charge in [0.25, 0.3) is 5.69 Å². The average Bonchev–Trinajstić information content (AvgIpc) is 2.89. The molecule has 110 valence electrons. The fraction of sp³-hybridized carbons (Fsp3) is 0.250. The summed E-state index contributed by atoms with van der Waals surface area (Å²) < 4.78 is 1.64. The Morgan fingerprint density at radius 1 is 1.52 bits per heavy atom. The lowest BCUT2D eigenvalue weighted by molar-refractivity contribution is -0.385. The quantitative estimate of drug-likeness (QED) is 0.607. The molecule has 0 amide bonds. The van der Waals surface area contributed by atoms with E-state index >= 15 is 0 Å². The van der Waals surface area contributed by atoms with E-state index in [1.54, 1.807) is 11.5 Å². The van der Waals surface area contributed by atoms with E-state index in [4.69, 9.17) is 5.11 Å². The van der Waals surface area contributed by atoms with Gasteiger partial charge in [-0.2, -0.15) is 0 Å². The van der Waals surface area contributed by atoms with Gasteiger partial charge in [0.2, 0.25) is 0 Å². The minimum atomic E-state index is -1.07.